The maximum atomic E-state index is 13.6. The number of hydrogen-bond donors (Lipinski definition) is 0. The molecule has 9 nitrogen and oxygen atoms in total. The Morgan fingerprint density at radius 3 is 2.14 bits per heavy atom. The molecule has 0 radical (unpaired) electrons. The zero-order chi connectivity index (χ0) is 41.6. The second-order valence-electron chi connectivity index (χ2n) is 17.7. The molecule has 0 bridgehead atoms. The van der Waals surface area contributed by atoms with E-state index in [1.165, 1.54) is 13.2 Å². The van der Waals surface area contributed by atoms with Gasteiger partial charge >= 0.3 is 11.9 Å². The summed E-state index contributed by atoms with van der Waals surface area (Å²) in [5, 5.41) is -0.0101. The van der Waals surface area contributed by atoms with Crippen molar-refractivity contribution in [1.82, 2.24) is 0 Å². The predicted molar refractivity (Wildman–Crippen MR) is 225 cm³/mol. The first-order chi connectivity index (χ1) is 26.4. The number of esters is 2. The molecule has 1 saturated heterocycles. The van der Waals surface area contributed by atoms with Crippen LogP contribution in [0.4, 0.5) is 0 Å². The summed E-state index contributed by atoms with van der Waals surface area (Å²) in [6.45, 7) is 22.7. The molecule has 2 aromatic carbocycles. The van der Waals surface area contributed by atoms with Crippen LogP contribution in [0.2, 0.25) is 18.1 Å². The average molecular weight is 797 g/mol. The number of benzene rings is 2. The molecule has 0 unspecified atom stereocenters. The van der Waals surface area contributed by atoms with Gasteiger partial charge in [0.1, 0.15) is 11.4 Å². The monoisotopic (exact) mass is 796 g/mol. The third-order valence-corrected chi connectivity index (χ3v) is 16.4. The molecular weight excluding hydrogens is 725 g/mol. The molecule has 5 atom stereocenters. The Balaban J connectivity index is 2.01. The lowest BCUT2D eigenvalue weighted by atomic mass is 9.68. The molecular formula is C46H72O9Si. The van der Waals surface area contributed by atoms with Gasteiger partial charge in [0.05, 0.1) is 45.7 Å². The van der Waals surface area contributed by atoms with Crippen LogP contribution in [-0.4, -0.2) is 71.1 Å². The second-order valence-corrected chi connectivity index (χ2v) is 22.5. The van der Waals surface area contributed by atoms with Gasteiger partial charge in [-0.3, -0.25) is 4.79 Å². The molecule has 0 aromatic heterocycles. The number of methoxy groups -OCH3 is 2. The predicted octanol–water partition coefficient (Wildman–Crippen LogP) is 10.5. The molecule has 314 valence electrons. The molecule has 2 aromatic rings. The number of unbranched alkanes of at least 4 members (excludes halogenated alkanes) is 4. The lowest BCUT2D eigenvalue weighted by Gasteiger charge is -2.54. The maximum absolute atomic E-state index is 13.6. The Morgan fingerprint density at radius 1 is 0.911 bits per heavy atom. The Hall–Kier alpha value is -3.02. The van der Waals surface area contributed by atoms with Gasteiger partial charge in [-0.15, -0.1) is 0 Å². The topological polar surface area (TPSA) is 98.8 Å². The molecule has 0 N–H and O–H groups in total. The van der Waals surface area contributed by atoms with Crippen LogP contribution < -0.4 is 4.74 Å². The van der Waals surface area contributed by atoms with Gasteiger partial charge in [0.2, 0.25) is 0 Å². The van der Waals surface area contributed by atoms with Gasteiger partial charge < -0.3 is 32.8 Å². The van der Waals surface area contributed by atoms with Gasteiger partial charge in [0.25, 0.3) is 0 Å². The minimum atomic E-state index is -2.18. The highest BCUT2D eigenvalue weighted by molar-refractivity contribution is 6.74. The molecule has 1 fully saturated rings. The fraction of sp³-hybridized carbons (Fsp3) is 0.652. The largest absolute Gasteiger partial charge is 0.497 e. The van der Waals surface area contributed by atoms with E-state index in [9.17, 15) is 9.59 Å². The smallest absolute Gasteiger partial charge is 0.330 e. The van der Waals surface area contributed by atoms with Gasteiger partial charge in [-0.2, -0.15) is 0 Å². The van der Waals surface area contributed by atoms with Gasteiger partial charge in [0, 0.05) is 30.9 Å². The van der Waals surface area contributed by atoms with E-state index in [1.807, 2.05) is 68.4 Å². The van der Waals surface area contributed by atoms with E-state index in [2.05, 4.69) is 54.6 Å². The molecule has 1 aliphatic heterocycles. The van der Waals surface area contributed by atoms with Gasteiger partial charge in [-0.1, -0.05) is 110 Å². The van der Waals surface area contributed by atoms with Crippen molar-refractivity contribution in [2.24, 2.45) is 5.41 Å². The van der Waals surface area contributed by atoms with Crippen molar-refractivity contribution >= 4 is 20.3 Å². The molecule has 0 spiro atoms. The quantitative estimate of drug-likeness (QED) is 0.0499. The number of carbonyl (C=O) groups is 2. The third-order valence-electron chi connectivity index (χ3n) is 11.9. The maximum Gasteiger partial charge on any atom is 0.330 e. The second kappa shape index (κ2) is 21.7. The standard InChI is InChI=1S/C46H72O9Si/c1-13-14-15-16-20-23-41(47)54-43-37(29-42(48)50-10)28-39(55-46(43,8)45(6,7)33-53-56(11,12)44(3,4)5)30-40(34(2)51-31-35-21-18-17-19-22-35)52-32-36-24-26-38(49-9)27-25-36/h17-19,21-22,24-27,29,34,39-40,43H,13-16,20,23,28,30-33H2,1-12H3/b37-29+/t34-,39+,40-,43+,46-/m1/s1. The summed E-state index contributed by atoms with van der Waals surface area (Å²) in [5.41, 5.74) is 0.957. The van der Waals surface area contributed by atoms with E-state index in [0.717, 1.165) is 49.0 Å². The van der Waals surface area contributed by atoms with Gasteiger partial charge in [0.15, 0.2) is 14.4 Å². The zero-order valence-corrected chi connectivity index (χ0v) is 37.5. The molecule has 1 aliphatic rings. The van der Waals surface area contributed by atoms with Gasteiger partial charge in [-0.05, 0) is 73.7 Å². The summed E-state index contributed by atoms with van der Waals surface area (Å²) < 4.78 is 44.2. The molecule has 0 amide bonds. The third kappa shape index (κ3) is 13.8. The highest BCUT2D eigenvalue weighted by atomic mass is 28.4. The molecule has 3 rings (SSSR count). The van der Waals surface area contributed by atoms with Crippen molar-refractivity contribution in [1.29, 1.82) is 0 Å². The first-order valence-corrected chi connectivity index (χ1v) is 23.5. The van der Waals surface area contributed by atoms with E-state index < -0.39 is 37.5 Å². The number of carbonyl (C=O) groups excluding carboxylic acids is 2. The summed E-state index contributed by atoms with van der Waals surface area (Å²) in [6, 6.07) is 17.9. The van der Waals surface area contributed by atoms with Crippen LogP contribution in [0.15, 0.2) is 66.2 Å². The first-order valence-electron chi connectivity index (χ1n) is 20.6. The lowest BCUT2D eigenvalue weighted by molar-refractivity contribution is -0.235. The molecule has 1 heterocycles. The lowest BCUT2D eigenvalue weighted by Crippen LogP contribution is -2.62. The Labute approximate surface area is 339 Å². The van der Waals surface area contributed by atoms with E-state index in [-0.39, 0.29) is 23.2 Å². The fourth-order valence-corrected chi connectivity index (χ4v) is 7.78. The first kappa shape index (κ1) is 47.4. The van der Waals surface area contributed by atoms with Crippen molar-refractivity contribution in [3.63, 3.8) is 0 Å². The summed E-state index contributed by atoms with van der Waals surface area (Å²) in [6.07, 6.45) is 5.67. The van der Waals surface area contributed by atoms with Crippen LogP contribution in [0.1, 0.15) is 118 Å². The van der Waals surface area contributed by atoms with Crippen LogP contribution in [-0.2, 0) is 50.9 Å². The van der Waals surface area contributed by atoms with Crippen molar-refractivity contribution in [2.75, 3.05) is 20.8 Å². The summed E-state index contributed by atoms with van der Waals surface area (Å²) >= 11 is 0. The van der Waals surface area contributed by atoms with Crippen molar-refractivity contribution in [3.8, 4) is 5.75 Å². The average Bonchev–Trinajstić information content (AvgIpc) is 3.16. The molecule has 0 saturated carbocycles. The summed E-state index contributed by atoms with van der Waals surface area (Å²) in [7, 11) is 0.824. The minimum absolute atomic E-state index is 0.0101. The highest BCUT2D eigenvalue weighted by Crippen LogP contribution is 2.49. The number of hydrogen-bond acceptors (Lipinski definition) is 9. The van der Waals surface area contributed by atoms with Crippen LogP contribution >= 0.6 is 0 Å². The van der Waals surface area contributed by atoms with Crippen LogP contribution in [0.5, 0.6) is 5.75 Å². The minimum Gasteiger partial charge on any atom is -0.497 e. The van der Waals surface area contributed by atoms with Crippen LogP contribution in [0, 0.1) is 5.41 Å². The fourth-order valence-electron chi connectivity index (χ4n) is 6.62. The number of ether oxygens (including phenoxy) is 6. The van der Waals surface area contributed by atoms with Gasteiger partial charge in [-0.25, -0.2) is 4.79 Å². The summed E-state index contributed by atoms with van der Waals surface area (Å²) in [4.78, 5) is 26.6. The molecule has 56 heavy (non-hydrogen) atoms. The SMILES string of the molecule is CCCCCCCC(=O)O[C@H]1/C(=C/C(=O)OC)C[C@@H](C[C@@H](OCc2ccc(OC)cc2)[C@@H](C)OCc2ccccc2)O[C@@]1(C)C(C)(C)CO[Si](C)(C)C(C)(C)C. The van der Waals surface area contributed by atoms with Crippen LogP contribution in [0.3, 0.4) is 0 Å². The van der Waals surface area contributed by atoms with Crippen molar-refractivity contribution in [3.05, 3.63) is 77.4 Å². The Morgan fingerprint density at radius 2 is 1.54 bits per heavy atom. The Bertz CT molecular complexity index is 1520. The van der Waals surface area contributed by atoms with E-state index in [4.69, 9.17) is 32.8 Å². The number of rotatable bonds is 22. The zero-order valence-electron chi connectivity index (χ0n) is 36.5. The molecule has 0 aliphatic carbocycles. The molecule has 10 heteroatoms. The van der Waals surface area contributed by atoms with E-state index in [0.29, 0.717) is 44.7 Å². The van der Waals surface area contributed by atoms with E-state index >= 15 is 0 Å². The van der Waals surface area contributed by atoms with E-state index in [1.54, 1.807) is 7.11 Å². The van der Waals surface area contributed by atoms with Crippen molar-refractivity contribution in [2.45, 2.75) is 168 Å². The Kier molecular flexibility index (Phi) is 18.3. The summed E-state index contributed by atoms with van der Waals surface area (Å²) in [5.74, 6) is -0.0392. The normalized spacial score (nSPS) is 21.0. The van der Waals surface area contributed by atoms with Crippen molar-refractivity contribution < 1.29 is 42.4 Å². The highest BCUT2D eigenvalue weighted by Gasteiger charge is 2.56. The van der Waals surface area contributed by atoms with Crippen LogP contribution in [0.25, 0.3) is 0 Å².